The predicted molar refractivity (Wildman–Crippen MR) is 82.9 cm³/mol. The van der Waals surface area contributed by atoms with Crippen molar-refractivity contribution in [3.05, 3.63) is 52.6 Å². The molecule has 0 radical (unpaired) electrons. The molecule has 0 fully saturated rings. The zero-order valence-corrected chi connectivity index (χ0v) is 13.0. The van der Waals surface area contributed by atoms with Crippen LogP contribution in [-0.2, 0) is 13.1 Å². The number of aryl methyl sites for hydroxylation is 3. The highest BCUT2D eigenvalue weighted by atomic mass is 16.2. The van der Waals surface area contributed by atoms with Crippen molar-refractivity contribution in [1.29, 1.82) is 0 Å². The van der Waals surface area contributed by atoms with Gasteiger partial charge in [-0.3, -0.25) is 0 Å². The van der Waals surface area contributed by atoms with Gasteiger partial charge in [0.2, 0.25) is 0 Å². The van der Waals surface area contributed by atoms with E-state index in [1.165, 1.54) is 22.3 Å². The molecule has 0 saturated carbocycles. The molecule has 0 aliphatic heterocycles. The van der Waals surface area contributed by atoms with Crippen LogP contribution in [0.15, 0.2) is 24.5 Å². The van der Waals surface area contributed by atoms with Gasteiger partial charge in [0.05, 0.1) is 6.54 Å². The Labute approximate surface area is 125 Å². The second kappa shape index (κ2) is 6.43. The lowest BCUT2D eigenvalue weighted by Gasteiger charge is -2.18. The summed E-state index contributed by atoms with van der Waals surface area (Å²) in [5, 5.41) is 2.96. The summed E-state index contributed by atoms with van der Waals surface area (Å²) < 4.78 is 0. The quantitative estimate of drug-likeness (QED) is 0.907. The van der Waals surface area contributed by atoms with Gasteiger partial charge in [0.1, 0.15) is 5.82 Å². The first-order valence-corrected chi connectivity index (χ1v) is 7.01. The lowest BCUT2D eigenvalue weighted by Crippen LogP contribution is -2.36. The summed E-state index contributed by atoms with van der Waals surface area (Å²) >= 11 is 0. The molecule has 0 spiro atoms. The molecule has 21 heavy (non-hydrogen) atoms. The molecule has 2 amide bonds. The van der Waals surface area contributed by atoms with Crippen LogP contribution in [0, 0.1) is 20.8 Å². The van der Waals surface area contributed by atoms with Gasteiger partial charge in [0.25, 0.3) is 0 Å². The third-order valence-corrected chi connectivity index (χ3v) is 3.55. The fourth-order valence-corrected chi connectivity index (χ4v) is 2.47. The molecule has 0 bridgehead atoms. The topological polar surface area (TPSA) is 61.0 Å². The Morgan fingerprint density at radius 2 is 1.95 bits per heavy atom. The predicted octanol–water partition coefficient (Wildman–Crippen LogP) is 2.68. The van der Waals surface area contributed by atoms with E-state index in [1.54, 1.807) is 24.3 Å². The Balaban J connectivity index is 1.95. The summed E-state index contributed by atoms with van der Waals surface area (Å²) in [6.07, 6.45) is 3.43. The highest BCUT2D eigenvalue weighted by Crippen LogP contribution is 2.16. The van der Waals surface area contributed by atoms with Crippen LogP contribution in [0.3, 0.4) is 0 Å². The number of H-pyrrole nitrogens is 1. The molecule has 1 heterocycles. The highest BCUT2D eigenvalue weighted by Gasteiger charge is 2.11. The van der Waals surface area contributed by atoms with Gasteiger partial charge in [-0.2, -0.15) is 0 Å². The number of urea groups is 1. The van der Waals surface area contributed by atoms with Crippen molar-refractivity contribution < 1.29 is 4.79 Å². The molecular weight excluding hydrogens is 264 g/mol. The second-order valence-corrected chi connectivity index (χ2v) is 5.43. The highest BCUT2D eigenvalue weighted by molar-refractivity contribution is 5.73. The van der Waals surface area contributed by atoms with Crippen molar-refractivity contribution in [2.24, 2.45) is 0 Å². The first-order chi connectivity index (χ1) is 9.97. The Morgan fingerprint density at radius 3 is 2.52 bits per heavy atom. The number of benzene rings is 1. The van der Waals surface area contributed by atoms with Gasteiger partial charge in [-0.15, -0.1) is 0 Å². The van der Waals surface area contributed by atoms with Crippen LogP contribution in [0.5, 0.6) is 0 Å². The summed E-state index contributed by atoms with van der Waals surface area (Å²) in [5.74, 6) is 0.773. The van der Waals surface area contributed by atoms with E-state index in [4.69, 9.17) is 0 Å². The zero-order chi connectivity index (χ0) is 15.4. The van der Waals surface area contributed by atoms with Crippen molar-refractivity contribution in [3.8, 4) is 0 Å². The number of imidazole rings is 1. The SMILES string of the molecule is Cc1cc(C)c(CNC(=O)N(C)Cc2ncc[nH]2)c(C)c1. The van der Waals surface area contributed by atoms with Gasteiger partial charge in [0.15, 0.2) is 0 Å². The molecule has 2 rings (SSSR count). The van der Waals surface area contributed by atoms with E-state index >= 15 is 0 Å². The first-order valence-electron chi connectivity index (χ1n) is 7.01. The lowest BCUT2D eigenvalue weighted by molar-refractivity contribution is 0.205. The van der Waals surface area contributed by atoms with E-state index in [0.717, 1.165) is 5.82 Å². The Bertz CT molecular complexity index is 596. The van der Waals surface area contributed by atoms with Crippen LogP contribution >= 0.6 is 0 Å². The molecule has 0 saturated heterocycles. The lowest BCUT2D eigenvalue weighted by atomic mass is 10.00. The largest absolute Gasteiger partial charge is 0.347 e. The molecule has 2 N–H and O–H groups in total. The Kier molecular flexibility index (Phi) is 4.62. The molecule has 0 aliphatic carbocycles. The molecular formula is C16H22N4O. The number of carbonyl (C=O) groups excluding carboxylic acids is 1. The molecule has 0 aliphatic rings. The van der Waals surface area contributed by atoms with Crippen molar-refractivity contribution in [2.75, 3.05) is 7.05 Å². The van der Waals surface area contributed by atoms with E-state index in [0.29, 0.717) is 13.1 Å². The van der Waals surface area contributed by atoms with E-state index in [-0.39, 0.29) is 6.03 Å². The number of hydrogen-bond acceptors (Lipinski definition) is 2. The van der Waals surface area contributed by atoms with Crippen LogP contribution in [0.2, 0.25) is 0 Å². The van der Waals surface area contributed by atoms with Gasteiger partial charge in [-0.05, 0) is 37.5 Å². The van der Waals surface area contributed by atoms with Gasteiger partial charge >= 0.3 is 6.03 Å². The fraction of sp³-hybridized carbons (Fsp3) is 0.375. The van der Waals surface area contributed by atoms with Crippen molar-refractivity contribution in [2.45, 2.75) is 33.9 Å². The zero-order valence-electron chi connectivity index (χ0n) is 13.0. The van der Waals surface area contributed by atoms with E-state index in [2.05, 4.69) is 48.2 Å². The Morgan fingerprint density at radius 1 is 1.29 bits per heavy atom. The standard InChI is InChI=1S/C16H22N4O/c1-11-7-12(2)14(13(3)8-11)9-19-16(21)20(4)10-15-17-5-6-18-15/h5-8H,9-10H2,1-4H3,(H,17,18)(H,19,21). The van der Waals surface area contributed by atoms with Crippen LogP contribution in [0.4, 0.5) is 4.79 Å². The molecule has 2 aromatic rings. The molecule has 0 atom stereocenters. The summed E-state index contributed by atoms with van der Waals surface area (Å²) in [6.45, 7) is 7.24. The normalized spacial score (nSPS) is 10.5. The monoisotopic (exact) mass is 286 g/mol. The summed E-state index contributed by atoms with van der Waals surface area (Å²) in [4.78, 5) is 20.8. The van der Waals surface area contributed by atoms with Crippen molar-refractivity contribution in [1.82, 2.24) is 20.2 Å². The molecule has 1 aromatic carbocycles. The molecule has 0 unspecified atom stereocenters. The number of amides is 2. The number of nitrogens with one attached hydrogen (secondary N) is 2. The fourth-order valence-electron chi connectivity index (χ4n) is 2.47. The molecule has 5 heteroatoms. The average Bonchev–Trinajstić information content (AvgIpc) is 2.89. The molecule has 1 aromatic heterocycles. The maximum Gasteiger partial charge on any atom is 0.317 e. The van der Waals surface area contributed by atoms with Crippen LogP contribution in [0.1, 0.15) is 28.1 Å². The summed E-state index contributed by atoms with van der Waals surface area (Å²) in [7, 11) is 1.76. The molecule has 112 valence electrons. The first kappa shape index (κ1) is 15.1. The second-order valence-electron chi connectivity index (χ2n) is 5.43. The minimum atomic E-state index is -0.106. The minimum absolute atomic E-state index is 0.106. The van der Waals surface area contributed by atoms with Gasteiger partial charge < -0.3 is 15.2 Å². The van der Waals surface area contributed by atoms with Gasteiger partial charge in [-0.1, -0.05) is 17.7 Å². The number of nitrogens with zero attached hydrogens (tertiary/aromatic N) is 2. The van der Waals surface area contributed by atoms with Crippen LogP contribution in [-0.4, -0.2) is 27.9 Å². The number of carbonyl (C=O) groups is 1. The van der Waals surface area contributed by atoms with E-state index < -0.39 is 0 Å². The van der Waals surface area contributed by atoms with E-state index in [9.17, 15) is 4.79 Å². The van der Waals surface area contributed by atoms with Crippen molar-refractivity contribution in [3.63, 3.8) is 0 Å². The van der Waals surface area contributed by atoms with Crippen molar-refractivity contribution >= 4 is 6.03 Å². The maximum absolute atomic E-state index is 12.1. The average molecular weight is 286 g/mol. The third-order valence-electron chi connectivity index (χ3n) is 3.55. The Hall–Kier alpha value is -2.30. The summed E-state index contributed by atoms with van der Waals surface area (Å²) in [6, 6.07) is 4.17. The van der Waals surface area contributed by atoms with Gasteiger partial charge in [0, 0.05) is 26.0 Å². The van der Waals surface area contributed by atoms with Gasteiger partial charge in [-0.25, -0.2) is 9.78 Å². The summed E-state index contributed by atoms with van der Waals surface area (Å²) in [5.41, 5.74) is 4.85. The molecule has 5 nitrogen and oxygen atoms in total. The number of aromatic amines is 1. The number of hydrogen-bond donors (Lipinski definition) is 2. The smallest absolute Gasteiger partial charge is 0.317 e. The maximum atomic E-state index is 12.1. The number of aromatic nitrogens is 2. The van der Waals surface area contributed by atoms with Crippen LogP contribution < -0.4 is 5.32 Å². The minimum Gasteiger partial charge on any atom is -0.347 e. The van der Waals surface area contributed by atoms with E-state index in [1.807, 2.05) is 0 Å². The van der Waals surface area contributed by atoms with Crippen LogP contribution in [0.25, 0.3) is 0 Å². The number of rotatable bonds is 4. The third kappa shape index (κ3) is 3.84.